The van der Waals surface area contributed by atoms with Gasteiger partial charge in [-0.15, -0.1) is 0 Å². The zero-order valence-corrected chi connectivity index (χ0v) is 26.9. The number of rotatable bonds is 8. The van der Waals surface area contributed by atoms with Crippen molar-refractivity contribution >= 4 is 39.6 Å². The second-order valence-electron chi connectivity index (χ2n) is 12.2. The average molecular weight is 673 g/mol. The molecule has 3 amide bonds. The van der Waals surface area contributed by atoms with E-state index in [1.54, 1.807) is 17.9 Å². The van der Waals surface area contributed by atoms with Crippen LogP contribution in [0.25, 0.3) is 0 Å². The number of aliphatic hydroxyl groups is 1. The Morgan fingerprint density at radius 3 is 2.61 bits per heavy atom. The fourth-order valence-electron chi connectivity index (χ4n) is 6.95. The van der Waals surface area contributed by atoms with Gasteiger partial charge in [0.2, 0.25) is 17.7 Å². The van der Waals surface area contributed by atoms with Crippen molar-refractivity contribution in [2.75, 3.05) is 26.2 Å². The summed E-state index contributed by atoms with van der Waals surface area (Å²) in [6.45, 7) is 4.30. The highest BCUT2D eigenvalue weighted by molar-refractivity contribution is 9.11. The molecule has 7 atom stereocenters. The Morgan fingerprint density at radius 1 is 1.11 bits per heavy atom. The van der Waals surface area contributed by atoms with Gasteiger partial charge in [0.25, 0.3) is 0 Å². The van der Waals surface area contributed by atoms with Crippen LogP contribution in [0, 0.1) is 11.8 Å². The normalized spacial score (nSPS) is 32.3. The van der Waals surface area contributed by atoms with E-state index in [2.05, 4.69) is 28.2 Å². The molecule has 0 saturated carbocycles. The number of carbonyl (C=O) groups excluding carboxylic acids is 4. The van der Waals surface area contributed by atoms with Gasteiger partial charge in [-0.1, -0.05) is 78.2 Å². The molecule has 5 rings (SSSR count). The van der Waals surface area contributed by atoms with E-state index < -0.39 is 53.6 Å². The minimum atomic E-state index is -1.41. The van der Waals surface area contributed by atoms with E-state index in [1.165, 1.54) is 4.90 Å². The summed E-state index contributed by atoms with van der Waals surface area (Å²) < 4.78 is 12.9. The number of fused-ring (bicyclic) bond motifs is 2. The van der Waals surface area contributed by atoms with Gasteiger partial charge in [0, 0.05) is 24.0 Å². The van der Waals surface area contributed by atoms with Crippen LogP contribution in [0.5, 0.6) is 0 Å². The number of likely N-dealkylation sites (tertiary alicyclic amines) is 1. The molecule has 4 heterocycles. The molecule has 238 valence electrons. The lowest BCUT2D eigenvalue weighted by molar-refractivity contribution is -0.159. The predicted octanol–water partition coefficient (Wildman–Crippen LogP) is 2.88. The second kappa shape index (κ2) is 14.0. The van der Waals surface area contributed by atoms with Gasteiger partial charge in [-0.2, -0.15) is 0 Å². The van der Waals surface area contributed by atoms with E-state index in [0.717, 1.165) is 24.8 Å². The molecule has 1 aromatic carbocycles. The van der Waals surface area contributed by atoms with Gasteiger partial charge < -0.3 is 29.7 Å². The van der Waals surface area contributed by atoms with Crippen LogP contribution in [0.4, 0.5) is 0 Å². The van der Waals surface area contributed by atoms with Crippen LogP contribution in [0.2, 0.25) is 0 Å². The topological polar surface area (TPSA) is 125 Å². The molecule has 0 aliphatic carbocycles. The molecule has 4 aliphatic rings. The third-order valence-electron chi connectivity index (χ3n) is 9.07. The van der Waals surface area contributed by atoms with Crippen LogP contribution < -0.4 is 5.32 Å². The monoisotopic (exact) mass is 671 g/mol. The van der Waals surface area contributed by atoms with E-state index in [-0.39, 0.29) is 31.4 Å². The lowest BCUT2D eigenvalue weighted by Crippen LogP contribution is -2.59. The first-order valence-corrected chi connectivity index (χ1v) is 16.4. The van der Waals surface area contributed by atoms with Gasteiger partial charge in [-0.3, -0.25) is 19.2 Å². The first-order chi connectivity index (χ1) is 21.2. The smallest absolute Gasteiger partial charge is 0.313 e. The second-order valence-corrected chi connectivity index (χ2v) is 13.1. The Hall–Kier alpha value is -3.02. The van der Waals surface area contributed by atoms with Gasteiger partial charge in [-0.05, 0) is 37.8 Å². The van der Waals surface area contributed by atoms with Crippen molar-refractivity contribution in [2.24, 2.45) is 11.8 Å². The highest BCUT2D eigenvalue weighted by atomic mass is 79.9. The van der Waals surface area contributed by atoms with Crippen LogP contribution >= 0.6 is 15.9 Å². The average Bonchev–Trinajstić information content (AvgIpc) is 3.60. The molecule has 1 spiro atoms. The zero-order chi connectivity index (χ0) is 31.4. The van der Waals surface area contributed by atoms with Gasteiger partial charge in [0.1, 0.15) is 29.8 Å². The zero-order valence-electron chi connectivity index (χ0n) is 25.3. The number of cyclic esters (lactones) is 1. The minimum Gasteiger partial charge on any atom is -0.460 e. The predicted molar refractivity (Wildman–Crippen MR) is 166 cm³/mol. The molecule has 0 aromatic heterocycles. The van der Waals surface area contributed by atoms with Crippen molar-refractivity contribution in [3.63, 3.8) is 0 Å². The van der Waals surface area contributed by atoms with Gasteiger partial charge in [0.15, 0.2) is 0 Å². The fourth-order valence-corrected chi connectivity index (χ4v) is 7.69. The number of ether oxygens (including phenoxy) is 2. The molecular formula is C33H42BrN3O7. The number of halogens is 1. The first kappa shape index (κ1) is 32.4. The Labute approximate surface area is 266 Å². The number of nitrogens with one attached hydrogen (secondary N) is 1. The summed E-state index contributed by atoms with van der Waals surface area (Å²) >= 11 is 3.57. The van der Waals surface area contributed by atoms with Crippen molar-refractivity contribution in [1.29, 1.82) is 0 Å². The molecule has 0 radical (unpaired) electrons. The van der Waals surface area contributed by atoms with E-state index >= 15 is 0 Å². The molecular weight excluding hydrogens is 630 g/mol. The molecule has 5 bridgehead atoms. The quantitative estimate of drug-likeness (QED) is 0.247. The maximum Gasteiger partial charge on any atom is 0.313 e. The summed E-state index contributed by atoms with van der Waals surface area (Å²) in [4.78, 5) is 58.6. The largest absolute Gasteiger partial charge is 0.460 e. The summed E-state index contributed by atoms with van der Waals surface area (Å²) in [7, 11) is 0. The molecule has 0 unspecified atom stereocenters. The van der Waals surface area contributed by atoms with Crippen LogP contribution in [0.15, 0.2) is 53.0 Å². The minimum absolute atomic E-state index is 0.134. The maximum atomic E-state index is 14.7. The number of hydrogen-bond donors (Lipinski definition) is 2. The van der Waals surface area contributed by atoms with Crippen molar-refractivity contribution in [3.05, 3.63) is 58.6 Å². The number of nitrogens with zero attached hydrogens (tertiary/aromatic N) is 2. The van der Waals surface area contributed by atoms with Crippen molar-refractivity contribution in [3.8, 4) is 0 Å². The third kappa shape index (κ3) is 6.23. The number of unbranched alkanes of at least 4 members (excludes halogenated alkanes) is 2. The lowest BCUT2D eigenvalue weighted by atomic mass is 9.74. The molecule has 2 saturated heterocycles. The van der Waals surface area contributed by atoms with Crippen molar-refractivity contribution < 1.29 is 33.8 Å². The van der Waals surface area contributed by atoms with E-state index in [0.29, 0.717) is 30.4 Å². The number of benzene rings is 1. The van der Waals surface area contributed by atoms with Gasteiger partial charge in [0.05, 0.1) is 25.1 Å². The number of aliphatic hydroxyl groups excluding tert-OH is 1. The molecule has 4 aliphatic heterocycles. The van der Waals surface area contributed by atoms with E-state index in [9.17, 15) is 24.3 Å². The molecule has 10 nitrogen and oxygen atoms in total. The van der Waals surface area contributed by atoms with Crippen molar-refractivity contribution in [1.82, 2.24) is 15.1 Å². The SMILES string of the molecule is CCCCCN1C/C=C\CCC(=O)NC[C@H](C)OC(=O)[C@H]2[C@@H]3O[C@@]4(C=C3Br)[C@@H]2C(=O)N([C@@H](CO)Cc2ccccc2)[C@@H]4C1=O. The van der Waals surface area contributed by atoms with Crippen molar-refractivity contribution in [2.45, 2.75) is 82.3 Å². The van der Waals surface area contributed by atoms with Crippen LogP contribution in [-0.2, 0) is 35.1 Å². The molecule has 2 fully saturated rings. The van der Waals surface area contributed by atoms with Crippen LogP contribution in [0.1, 0.15) is 51.5 Å². The third-order valence-corrected chi connectivity index (χ3v) is 9.75. The maximum absolute atomic E-state index is 14.7. The highest BCUT2D eigenvalue weighted by Crippen LogP contribution is 2.59. The summed E-state index contributed by atoms with van der Waals surface area (Å²) in [5.41, 5.74) is -0.505. The standard InChI is InChI=1S/C33H42BrN3O7/c1-3-4-10-15-36-16-11-6-9-14-25(39)35-19-21(2)43-32(42)26-27-30(40)37(23(20-38)17-22-12-7-5-8-13-22)29(31(36)41)33(27)18-24(34)28(26)44-33/h5-8,11-13,18,21,23,26-29,38H,3-4,9-10,14-17,19-20H2,1-2H3,(H,35,39)/b11-6-/t21-,23+,26+,27-,28+,29+,33-/m0/s1. The van der Waals surface area contributed by atoms with Crippen LogP contribution in [-0.4, -0.2) is 94.7 Å². The summed E-state index contributed by atoms with van der Waals surface area (Å²) in [5, 5.41) is 13.5. The number of carbonyl (C=O) groups is 4. The van der Waals surface area contributed by atoms with Gasteiger partial charge >= 0.3 is 5.97 Å². The van der Waals surface area contributed by atoms with E-state index in [1.807, 2.05) is 42.5 Å². The van der Waals surface area contributed by atoms with E-state index in [4.69, 9.17) is 9.47 Å². The summed E-state index contributed by atoms with van der Waals surface area (Å²) in [6, 6.07) is 7.70. The highest BCUT2D eigenvalue weighted by Gasteiger charge is 2.75. The molecule has 44 heavy (non-hydrogen) atoms. The Kier molecular flexibility index (Phi) is 10.3. The number of esters is 1. The fraction of sp³-hybridized carbons (Fsp3) is 0.576. The summed E-state index contributed by atoms with van der Waals surface area (Å²) in [5.74, 6) is -3.50. The lowest BCUT2D eigenvalue weighted by Gasteiger charge is -2.39. The number of amides is 3. The number of hydrogen-bond acceptors (Lipinski definition) is 7. The number of allylic oxidation sites excluding steroid dienone is 1. The summed E-state index contributed by atoms with van der Waals surface area (Å²) in [6.07, 6.45) is 7.88. The molecule has 2 N–H and O–H groups in total. The molecule has 11 heteroatoms. The first-order valence-electron chi connectivity index (χ1n) is 15.7. The molecule has 1 aromatic rings. The van der Waals surface area contributed by atoms with Gasteiger partial charge in [-0.25, -0.2) is 0 Å². The Morgan fingerprint density at radius 2 is 1.89 bits per heavy atom. The van der Waals surface area contributed by atoms with Crippen LogP contribution in [0.3, 0.4) is 0 Å². The Bertz CT molecular complexity index is 1300. The Balaban J connectivity index is 1.59.